The molecule has 0 atom stereocenters. The molecule has 0 fully saturated rings. The molecule has 0 aliphatic carbocycles. The Balaban J connectivity index is 1.80. The van der Waals surface area contributed by atoms with Crippen molar-refractivity contribution in [1.82, 2.24) is 4.90 Å². The van der Waals surface area contributed by atoms with Gasteiger partial charge < -0.3 is 9.64 Å². The monoisotopic (exact) mass is 418 g/mol. The standard InChI is InChI=1S/C20H22N2O4S2/c1-21(13-14-5-8-17(26-3)9-6-14)20(23)19-12-15-11-16(7-10-18(15)27-19)22(2)28(4,24)25/h5-12H,13H2,1-4H3. The van der Waals surface area contributed by atoms with Crippen LogP contribution in [-0.4, -0.2) is 46.7 Å². The van der Waals surface area contributed by atoms with E-state index in [0.29, 0.717) is 17.1 Å². The van der Waals surface area contributed by atoms with Crippen LogP contribution in [-0.2, 0) is 16.6 Å². The van der Waals surface area contributed by atoms with Gasteiger partial charge in [-0.05, 0) is 47.3 Å². The van der Waals surface area contributed by atoms with E-state index in [1.165, 1.54) is 22.7 Å². The maximum absolute atomic E-state index is 12.8. The molecular weight excluding hydrogens is 396 g/mol. The number of thiophene rings is 1. The summed E-state index contributed by atoms with van der Waals surface area (Å²) in [4.78, 5) is 15.1. The maximum Gasteiger partial charge on any atom is 0.264 e. The highest BCUT2D eigenvalue weighted by Gasteiger charge is 2.17. The number of benzene rings is 2. The number of carbonyl (C=O) groups excluding carboxylic acids is 1. The lowest BCUT2D eigenvalue weighted by Crippen LogP contribution is -2.25. The second-order valence-electron chi connectivity index (χ2n) is 6.57. The second kappa shape index (κ2) is 7.81. The van der Waals surface area contributed by atoms with E-state index in [4.69, 9.17) is 4.74 Å². The fourth-order valence-corrected chi connectivity index (χ4v) is 4.32. The fourth-order valence-electron chi connectivity index (χ4n) is 2.79. The van der Waals surface area contributed by atoms with Crippen molar-refractivity contribution in [3.05, 3.63) is 59.0 Å². The molecule has 0 aliphatic rings. The third-order valence-electron chi connectivity index (χ3n) is 4.50. The molecule has 148 valence electrons. The number of hydrogen-bond acceptors (Lipinski definition) is 5. The summed E-state index contributed by atoms with van der Waals surface area (Å²) in [6.07, 6.45) is 1.16. The van der Waals surface area contributed by atoms with Crippen LogP contribution in [0.3, 0.4) is 0 Å². The Morgan fingerprint density at radius 3 is 2.36 bits per heavy atom. The third kappa shape index (κ3) is 4.28. The predicted octanol–water partition coefficient (Wildman–Crippen LogP) is 3.58. The lowest BCUT2D eigenvalue weighted by atomic mass is 10.2. The van der Waals surface area contributed by atoms with Gasteiger partial charge in [-0.1, -0.05) is 12.1 Å². The largest absolute Gasteiger partial charge is 0.497 e. The highest BCUT2D eigenvalue weighted by molar-refractivity contribution is 7.92. The van der Waals surface area contributed by atoms with Gasteiger partial charge in [0.25, 0.3) is 5.91 Å². The molecule has 28 heavy (non-hydrogen) atoms. The number of ether oxygens (including phenoxy) is 1. The third-order valence-corrected chi connectivity index (χ3v) is 6.81. The molecule has 0 bridgehead atoms. The van der Waals surface area contributed by atoms with Crippen molar-refractivity contribution in [2.75, 3.05) is 31.8 Å². The molecule has 0 saturated heterocycles. The minimum Gasteiger partial charge on any atom is -0.497 e. The van der Waals surface area contributed by atoms with Crippen LogP contribution in [0.1, 0.15) is 15.2 Å². The number of sulfonamides is 1. The molecule has 0 spiro atoms. The number of carbonyl (C=O) groups is 1. The Hall–Kier alpha value is -2.58. The lowest BCUT2D eigenvalue weighted by molar-refractivity contribution is 0.0790. The first-order valence-electron chi connectivity index (χ1n) is 8.55. The number of rotatable bonds is 6. The molecule has 0 aliphatic heterocycles. The molecule has 0 saturated carbocycles. The average molecular weight is 419 g/mol. The summed E-state index contributed by atoms with van der Waals surface area (Å²) < 4.78 is 30.8. The first-order valence-corrected chi connectivity index (χ1v) is 11.2. The van der Waals surface area contributed by atoms with E-state index < -0.39 is 10.0 Å². The molecular formula is C20H22N2O4S2. The van der Waals surface area contributed by atoms with Crippen LogP contribution in [0.4, 0.5) is 5.69 Å². The maximum atomic E-state index is 12.8. The number of fused-ring (bicyclic) bond motifs is 1. The number of hydrogen-bond donors (Lipinski definition) is 0. The van der Waals surface area contributed by atoms with Crippen LogP contribution in [0, 0.1) is 0 Å². The van der Waals surface area contributed by atoms with E-state index in [-0.39, 0.29) is 5.91 Å². The fraction of sp³-hybridized carbons (Fsp3) is 0.250. The van der Waals surface area contributed by atoms with E-state index in [9.17, 15) is 13.2 Å². The van der Waals surface area contributed by atoms with Gasteiger partial charge in [0, 0.05) is 25.3 Å². The lowest BCUT2D eigenvalue weighted by Gasteiger charge is -2.16. The van der Waals surface area contributed by atoms with Crippen molar-refractivity contribution in [1.29, 1.82) is 0 Å². The highest BCUT2D eigenvalue weighted by Crippen LogP contribution is 2.30. The molecule has 1 heterocycles. The molecule has 0 N–H and O–H groups in total. The second-order valence-corrected chi connectivity index (χ2v) is 9.67. The number of methoxy groups -OCH3 is 1. The molecule has 1 aromatic heterocycles. The van der Waals surface area contributed by atoms with Crippen molar-refractivity contribution in [3.63, 3.8) is 0 Å². The highest BCUT2D eigenvalue weighted by atomic mass is 32.2. The average Bonchev–Trinajstić information content (AvgIpc) is 3.09. The molecule has 8 heteroatoms. The summed E-state index contributed by atoms with van der Waals surface area (Å²) in [6.45, 7) is 0.485. The normalized spacial score (nSPS) is 11.4. The molecule has 3 aromatic rings. The van der Waals surface area contributed by atoms with Gasteiger partial charge in [-0.3, -0.25) is 9.10 Å². The minimum absolute atomic E-state index is 0.0740. The van der Waals surface area contributed by atoms with Gasteiger partial charge in [0.15, 0.2) is 0 Å². The van der Waals surface area contributed by atoms with E-state index in [2.05, 4.69) is 0 Å². The molecule has 6 nitrogen and oxygen atoms in total. The van der Waals surface area contributed by atoms with Gasteiger partial charge >= 0.3 is 0 Å². The SMILES string of the molecule is COc1ccc(CN(C)C(=O)c2cc3cc(N(C)S(C)(=O)=O)ccc3s2)cc1. The van der Waals surface area contributed by atoms with Gasteiger partial charge in [-0.2, -0.15) is 0 Å². The van der Waals surface area contributed by atoms with Gasteiger partial charge in [0.1, 0.15) is 5.75 Å². The molecule has 1 amide bonds. The van der Waals surface area contributed by atoms with Crippen molar-refractivity contribution < 1.29 is 17.9 Å². The number of nitrogens with zero attached hydrogens (tertiary/aromatic N) is 2. The summed E-state index contributed by atoms with van der Waals surface area (Å²) in [6, 6.07) is 14.8. The smallest absolute Gasteiger partial charge is 0.264 e. The minimum atomic E-state index is -3.33. The molecule has 0 radical (unpaired) electrons. The number of anilines is 1. The van der Waals surface area contributed by atoms with Crippen LogP contribution in [0.2, 0.25) is 0 Å². The van der Waals surface area contributed by atoms with Crippen molar-refractivity contribution in [3.8, 4) is 5.75 Å². The van der Waals surface area contributed by atoms with Crippen molar-refractivity contribution >= 4 is 43.0 Å². The molecule has 3 rings (SSSR count). The van der Waals surface area contributed by atoms with Crippen LogP contribution in [0.25, 0.3) is 10.1 Å². The van der Waals surface area contributed by atoms with Crippen molar-refractivity contribution in [2.45, 2.75) is 6.54 Å². The Morgan fingerprint density at radius 2 is 1.75 bits per heavy atom. The Morgan fingerprint density at radius 1 is 1.07 bits per heavy atom. The van der Waals surface area contributed by atoms with E-state index in [0.717, 1.165) is 27.7 Å². The van der Waals surface area contributed by atoms with Crippen LogP contribution < -0.4 is 9.04 Å². The summed E-state index contributed by atoms with van der Waals surface area (Å²) >= 11 is 1.40. The van der Waals surface area contributed by atoms with Gasteiger partial charge in [0.05, 0.1) is 23.9 Å². The van der Waals surface area contributed by atoms with E-state index in [1.807, 2.05) is 36.4 Å². The zero-order valence-corrected chi connectivity index (χ0v) is 17.8. The quantitative estimate of drug-likeness (QED) is 0.614. The summed E-state index contributed by atoms with van der Waals surface area (Å²) in [5.41, 5.74) is 1.58. The zero-order chi connectivity index (χ0) is 20.5. The van der Waals surface area contributed by atoms with Crippen LogP contribution in [0.15, 0.2) is 48.5 Å². The predicted molar refractivity (Wildman–Crippen MR) is 114 cm³/mol. The van der Waals surface area contributed by atoms with Crippen LogP contribution >= 0.6 is 11.3 Å². The topological polar surface area (TPSA) is 66.9 Å². The Bertz CT molecular complexity index is 1100. The molecule has 2 aromatic carbocycles. The summed E-state index contributed by atoms with van der Waals surface area (Å²) in [7, 11) is 1.56. The van der Waals surface area contributed by atoms with Crippen LogP contribution in [0.5, 0.6) is 5.75 Å². The summed E-state index contributed by atoms with van der Waals surface area (Å²) in [5.74, 6) is 0.701. The van der Waals surface area contributed by atoms with Gasteiger partial charge in [0.2, 0.25) is 10.0 Å². The number of amides is 1. The van der Waals surface area contributed by atoms with E-state index >= 15 is 0 Å². The zero-order valence-electron chi connectivity index (χ0n) is 16.2. The first kappa shape index (κ1) is 20.2. The summed E-state index contributed by atoms with van der Waals surface area (Å²) in [5, 5.41) is 0.846. The van der Waals surface area contributed by atoms with E-state index in [1.54, 1.807) is 31.2 Å². The van der Waals surface area contributed by atoms with Gasteiger partial charge in [-0.25, -0.2) is 8.42 Å². The van der Waals surface area contributed by atoms with Crippen molar-refractivity contribution in [2.24, 2.45) is 0 Å². The molecule has 0 unspecified atom stereocenters. The van der Waals surface area contributed by atoms with Gasteiger partial charge in [-0.15, -0.1) is 11.3 Å². The first-order chi connectivity index (χ1) is 13.2. The Kier molecular flexibility index (Phi) is 5.62. The Labute approximate surface area is 169 Å².